The SMILES string of the molecule is Cc1cncc(N2CC[C@H](NC(=O)C=CC(C)(F)F)C2)c1. The van der Waals surface area contributed by atoms with Crippen molar-refractivity contribution in [3.8, 4) is 0 Å². The van der Waals surface area contributed by atoms with Crippen LogP contribution in [0.5, 0.6) is 0 Å². The largest absolute Gasteiger partial charge is 0.368 e. The summed E-state index contributed by atoms with van der Waals surface area (Å²) in [5.74, 6) is -3.45. The number of amides is 1. The Morgan fingerprint density at radius 3 is 2.95 bits per heavy atom. The Hall–Kier alpha value is -1.98. The molecule has 1 aromatic heterocycles. The average molecular weight is 295 g/mol. The number of aryl methyl sites for hydroxylation is 1. The monoisotopic (exact) mass is 295 g/mol. The number of pyridine rings is 1. The molecule has 0 aromatic carbocycles. The molecule has 4 nitrogen and oxygen atoms in total. The highest BCUT2D eigenvalue weighted by atomic mass is 19.3. The molecule has 0 aliphatic carbocycles. The first-order valence-corrected chi connectivity index (χ1v) is 6.88. The Morgan fingerprint density at radius 1 is 1.52 bits per heavy atom. The van der Waals surface area contributed by atoms with Gasteiger partial charge in [-0.2, -0.15) is 0 Å². The molecule has 1 aromatic rings. The molecule has 114 valence electrons. The van der Waals surface area contributed by atoms with Gasteiger partial charge in [0, 0.05) is 38.3 Å². The normalized spacial score (nSPS) is 19.2. The molecule has 2 rings (SSSR count). The van der Waals surface area contributed by atoms with Crippen LogP contribution in [0, 0.1) is 6.92 Å². The fourth-order valence-corrected chi connectivity index (χ4v) is 2.30. The fourth-order valence-electron chi connectivity index (χ4n) is 2.30. The van der Waals surface area contributed by atoms with E-state index in [-0.39, 0.29) is 6.04 Å². The highest BCUT2D eigenvalue weighted by Crippen LogP contribution is 2.20. The van der Waals surface area contributed by atoms with E-state index in [1.807, 2.05) is 13.0 Å². The molecule has 0 saturated carbocycles. The van der Waals surface area contributed by atoms with E-state index < -0.39 is 11.8 Å². The number of anilines is 1. The van der Waals surface area contributed by atoms with Gasteiger partial charge in [-0.1, -0.05) is 0 Å². The van der Waals surface area contributed by atoms with Gasteiger partial charge in [0.1, 0.15) is 0 Å². The maximum atomic E-state index is 12.6. The molecule has 0 spiro atoms. The van der Waals surface area contributed by atoms with Gasteiger partial charge in [-0.25, -0.2) is 8.78 Å². The Balaban J connectivity index is 1.88. The summed E-state index contributed by atoms with van der Waals surface area (Å²) in [5, 5.41) is 2.74. The lowest BCUT2D eigenvalue weighted by molar-refractivity contribution is -0.117. The third kappa shape index (κ3) is 4.81. The van der Waals surface area contributed by atoms with Crippen molar-refractivity contribution < 1.29 is 13.6 Å². The predicted molar refractivity (Wildman–Crippen MR) is 77.5 cm³/mol. The van der Waals surface area contributed by atoms with Gasteiger partial charge in [0.2, 0.25) is 5.91 Å². The average Bonchev–Trinajstić information content (AvgIpc) is 2.84. The number of allylic oxidation sites excluding steroid dienone is 1. The molecular weight excluding hydrogens is 276 g/mol. The molecule has 2 heterocycles. The van der Waals surface area contributed by atoms with E-state index in [1.165, 1.54) is 0 Å². The van der Waals surface area contributed by atoms with E-state index in [2.05, 4.69) is 15.2 Å². The quantitative estimate of drug-likeness (QED) is 0.867. The van der Waals surface area contributed by atoms with Crippen LogP contribution in [-0.4, -0.2) is 35.9 Å². The van der Waals surface area contributed by atoms with Crippen molar-refractivity contribution in [2.75, 3.05) is 18.0 Å². The summed E-state index contributed by atoms with van der Waals surface area (Å²) in [6, 6.07) is 2.00. The maximum Gasteiger partial charge on any atom is 0.264 e. The van der Waals surface area contributed by atoms with Crippen molar-refractivity contribution in [2.45, 2.75) is 32.2 Å². The van der Waals surface area contributed by atoms with Crippen LogP contribution in [0.4, 0.5) is 14.5 Å². The van der Waals surface area contributed by atoms with Crippen LogP contribution in [-0.2, 0) is 4.79 Å². The summed E-state index contributed by atoms with van der Waals surface area (Å²) in [6.07, 6.45) is 5.87. The minimum atomic E-state index is -2.97. The third-order valence-electron chi connectivity index (χ3n) is 3.29. The zero-order chi connectivity index (χ0) is 15.5. The van der Waals surface area contributed by atoms with Crippen LogP contribution >= 0.6 is 0 Å². The second-order valence-corrected chi connectivity index (χ2v) is 5.45. The number of rotatable bonds is 4. The lowest BCUT2D eigenvalue weighted by atomic mass is 10.2. The van der Waals surface area contributed by atoms with Crippen molar-refractivity contribution in [1.29, 1.82) is 0 Å². The Morgan fingerprint density at radius 2 is 2.29 bits per heavy atom. The van der Waals surface area contributed by atoms with Crippen molar-refractivity contribution in [2.24, 2.45) is 0 Å². The lowest BCUT2D eigenvalue weighted by Crippen LogP contribution is -2.36. The summed E-state index contributed by atoms with van der Waals surface area (Å²) < 4.78 is 25.3. The third-order valence-corrected chi connectivity index (χ3v) is 3.29. The smallest absolute Gasteiger partial charge is 0.264 e. The number of nitrogens with one attached hydrogen (secondary N) is 1. The number of hydrogen-bond acceptors (Lipinski definition) is 3. The van der Waals surface area contributed by atoms with Crippen LogP contribution in [0.25, 0.3) is 0 Å². The molecule has 21 heavy (non-hydrogen) atoms. The highest BCUT2D eigenvalue weighted by Gasteiger charge is 2.24. The first kappa shape index (κ1) is 15.4. The van der Waals surface area contributed by atoms with E-state index in [1.54, 1.807) is 12.4 Å². The van der Waals surface area contributed by atoms with Gasteiger partial charge in [-0.15, -0.1) is 0 Å². The van der Waals surface area contributed by atoms with Gasteiger partial charge in [-0.05, 0) is 31.1 Å². The summed E-state index contributed by atoms with van der Waals surface area (Å²) >= 11 is 0. The molecule has 1 atom stereocenters. The number of carbonyl (C=O) groups is 1. The second kappa shape index (κ2) is 6.20. The number of carbonyl (C=O) groups excluding carboxylic acids is 1. The second-order valence-electron chi connectivity index (χ2n) is 5.45. The van der Waals surface area contributed by atoms with Crippen molar-refractivity contribution in [3.63, 3.8) is 0 Å². The first-order chi connectivity index (χ1) is 9.83. The molecule has 6 heteroatoms. The Bertz CT molecular complexity index is 540. The minimum absolute atomic E-state index is 0.0341. The van der Waals surface area contributed by atoms with Crippen LogP contribution in [0.2, 0.25) is 0 Å². The summed E-state index contributed by atoms with van der Waals surface area (Å²) in [5.41, 5.74) is 2.09. The molecular formula is C15H19F2N3O. The molecule has 1 amide bonds. The predicted octanol–water partition coefficient (Wildman–Crippen LogP) is 2.30. The minimum Gasteiger partial charge on any atom is -0.368 e. The molecule has 0 bridgehead atoms. The van der Waals surface area contributed by atoms with Crippen molar-refractivity contribution in [1.82, 2.24) is 10.3 Å². The number of halogens is 2. The number of hydrogen-bond donors (Lipinski definition) is 1. The highest BCUT2D eigenvalue weighted by molar-refractivity contribution is 5.87. The molecule has 1 aliphatic rings. The topological polar surface area (TPSA) is 45.2 Å². The van der Waals surface area contributed by atoms with Crippen molar-refractivity contribution >= 4 is 11.6 Å². The molecule has 0 unspecified atom stereocenters. The number of nitrogens with zero attached hydrogens (tertiary/aromatic N) is 2. The number of alkyl halides is 2. The van der Waals surface area contributed by atoms with Gasteiger partial charge >= 0.3 is 0 Å². The molecule has 1 aliphatic heterocycles. The maximum absolute atomic E-state index is 12.6. The molecule has 1 fully saturated rings. The van der Waals surface area contributed by atoms with E-state index in [0.29, 0.717) is 12.6 Å². The van der Waals surface area contributed by atoms with Gasteiger partial charge in [0.05, 0.1) is 11.9 Å². The zero-order valence-electron chi connectivity index (χ0n) is 12.1. The van der Waals surface area contributed by atoms with E-state index in [0.717, 1.165) is 37.2 Å². The first-order valence-electron chi connectivity index (χ1n) is 6.88. The molecule has 0 radical (unpaired) electrons. The van der Waals surface area contributed by atoms with E-state index >= 15 is 0 Å². The summed E-state index contributed by atoms with van der Waals surface area (Å²) in [7, 11) is 0. The van der Waals surface area contributed by atoms with Gasteiger partial charge in [0.25, 0.3) is 5.92 Å². The number of aromatic nitrogens is 1. The van der Waals surface area contributed by atoms with E-state index in [9.17, 15) is 13.6 Å². The van der Waals surface area contributed by atoms with Crippen LogP contribution < -0.4 is 10.2 Å². The Kier molecular flexibility index (Phi) is 4.55. The van der Waals surface area contributed by atoms with Gasteiger partial charge in [0.15, 0.2) is 0 Å². The zero-order valence-corrected chi connectivity index (χ0v) is 12.1. The molecule has 1 N–H and O–H groups in total. The standard InChI is InChI=1S/C15H19F2N3O/c1-11-7-13(9-18-8-11)20-6-4-12(10-20)19-14(21)3-5-15(2,16)17/h3,5,7-9,12H,4,6,10H2,1-2H3,(H,19,21)/t12-/m0/s1. The van der Waals surface area contributed by atoms with Gasteiger partial charge in [-0.3, -0.25) is 9.78 Å². The van der Waals surface area contributed by atoms with Crippen LogP contribution in [0.1, 0.15) is 18.9 Å². The Labute approximate surface area is 122 Å². The fraction of sp³-hybridized carbons (Fsp3) is 0.467. The summed E-state index contributed by atoms with van der Waals surface area (Å²) in [6.45, 7) is 4.19. The van der Waals surface area contributed by atoms with Gasteiger partial charge < -0.3 is 10.2 Å². The summed E-state index contributed by atoms with van der Waals surface area (Å²) in [4.78, 5) is 17.9. The van der Waals surface area contributed by atoms with Crippen LogP contribution in [0.3, 0.4) is 0 Å². The molecule has 1 saturated heterocycles. The van der Waals surface area contributed by atoms with Crippen LogP contribution in [0.15, 0.2) is 30.6 Å². The van der Waals surface area contributed by atoms with Crippen molar-refractivity contribution in [3.05, 3.63) is 36.2 Å². The van der Waals surface area contributed by atoms with E-state index in [4.69, 9.17) is 0 Å². The lowest BCUT2D eigenvalue weighted by Gasteiger charge is -2.18.